The molecule has 1 aromatic heterocycles. The summed E-state index contributed by atoms with van der Waals surface area (Å²) in [4.78, 5) is 14.5. The Morgan fingerprint density at radius 2 is 1.60 bits per heavy atom. The zero-order valence-corrected chi connectivity index (χ0v) is 34.8. The lowest BCUT2D eigenvalue weighted by atomic mass is 9.80. The Bertz CT molecular complexity index is 1380. The van der Waals surface area contributed by atoms with E-state index in [1.54, 1.807) is 0 Å². The standard InChI is InChI=1S/C39H64O9Si2/c1-25(2)50(26(3)4)46-29-21-32(27(5)43-24-28-17-15-14-16-18-28)45-37(41)36(48-49(12,13)38(6,7)8)33(42-11)23-30(40)31-19-20-34(44-31)39(9,10)35(22-29)47-50/h14-20,25-27,29-30,32-33,35-36,40H,21-24H2,1-13H3/t27-,29+,30-,32-,33+,35-,36-/m0/s1. The van der Waals surface area contributed by atoms with E-state index in [-0.39, 0.29) is 34.7 Å². The van der Waals surface area contributed by atoms with Crippen molar-refractivity contribution in [3.63, 3.8) is 0 Å². The van der Waals surface area contributed by atoms with Crippen LogP contribution < -0.4 is 0 Å². The van der Waals surface area contributed by atoms with Crippen LogP contribution in [0.1, 0.15) is 112 Å². The van der Waals surface area contributed by atoms with Crippen LogP contribution in [0.25, 0.3) is 0 Å². The number of furan rings is 1. The highest BCUT2D eigenvalue weighted by atomic mass is 28.4. The number of carbonyl (C=O) groups is 1. The maximum absolute atomic E-state index is 14.5. The zero-order chi connectivity index (χ0) is 37.2. The second kappa shape index (κ2) is 16.0. The van der Waals surface area contributed by atoms with E-state index in [0.717, 1.165) is 11.3 Å². The van der Waals surface area contributed by atoms with Gasteiger partial charge in [-0.2, -0.15) is 0 Å². The molecule has 1 aromatic carbocycles. The second-order valence-corrected chi connectivity index (χ2v) is 26.1. The van der Waals surface area contributed by atoms with Gasteiger partial charge >= 0.3 is 14.5 Å². The summed E-state index contributed by atoms with van der Waals surface area (Å²) >= 11 is 0. The van der Waals surface area contributed by atoms with Crippen LogP contribution in [0.15, 0.2) is 46.9 Å². The molecular weight excluding hydrogens is 669 g/mol. The van der Waals surface area contributed by atoms with Gasteiger partial charge in [0.15, 0.2) is 14.4 Å². The molecule has 1 fully saturated rings. The van der Waals surface area contributed by atoms with Gasteiger partial charge in [0.1, 0.15) is 23.7 Å². The highest BCUT2D eigenvalue weighted by molar-refractivity contribution is 6.74. The fraction of sp³-hybridized carbons (Fsp3) is 0.718. The third-order valence-electron chi connectivity index (χ3n) is 11.4. The van der Waals surface area contributed by atoms with Gasteiger partial charge in [-0.05, 0) is 60.3 Å². The third kappa shape index (κ3) is 9.02. The van der Waals surface area contributed by atoms with Gasteiger partial charge in [-0.25, -0.2) is 4.79 Å². The molecule has 2 aliphatic rings. The maximum atomic E-state index is 14.5. The van der Waals surface area contributed by atoms with Gasteiger partial charge in [0.2, 0.25) is 0 Å². The zero-order valence-electron chi connectivity index (χ0n) is 32.8. The number of rotatable bonds is 9. The molecule has 2 aliphatic heterocycles. The normalized spacial score (nSPS) is 28.5. The Hall–Kier alpha value is -1.84. The number of esters is 1. The maximum Gasteiger partial charge on any atom is 0.343 e. The van der Waals surface area contributed by atoms with Crippen molar-refractivity contribution in [3.05, 3.63) is 59.5 Å². The lowest BCUT2D eigenvalue weighted by Crippen LogP contribution is -2.61. The molecule has 1 N–H and O–H groups in total. The number of hydrogen-bond donors (Lipinski definition) is 1. The van der Waals surface area contributed by atoms with Gasteiger partial charge in [0.25, 0.3) is 0 Å². The topological polar surface area (TPSA) is 106 Å². The minimum atomic E-state index is -2.82. The molecule has 0 saturated carbocycles. The summed E-state index contributed by atoms with van der Waals surface area (Å²) in [5.41, 5.74) is 0.816. The van der Waals surface area contributed by atoms with Crippen molar-refractivity contribution in [2.45, 2.75) is 172 Å². The number of cyclic esters (lactones) is 1. The molecule has 4 bridgehead atoms. The monoisotopic (exact) mass is 732 g/mol. The molecule has 0 unspecified atom stereocenters. The summed E-state index contributed by atoms with van der Waals surface area (Å²) in [6.07, 6.45) is -3.49. The first kappa shape index (κ1) is 40.9. The second-order valence-electron chi connectivity index (χ2n) is 17.1. The molecule has 50 heavy (non-hydrogen) atoms. The predicted octanol–water partition coefficient (Wildman–Crippen LogP) is 8.74. The van der Waals surface area contributed by atoms with E-state index in [1.807, 2.05) is 49.4 Å². The summed E-state index contributed by atoms with van der Waals surface area (Å²) in [5, 5.41) is 11.4. The van der Waals surface area contributed by atoms with Crippen LogP contribution in [-0.2, 0) is 44.3 Å². The molecule has 0 amide bonds. The van der Waals surface area contributed by atoms with E-state index in [2.05, 4.69) is 75.4 Å². The van der Waals surface area contributed by atoms with Crippen molar-refractivity contribution in [1.29, 1.82) is 0 Å². The Labute approximate surface area is 303 Å². The Kier molecular flexibility index (Phi) is 13.1. The van der Waals surface area contributed by atoms with Gasteiger partial charge in [-0.3, -0.25) is 0 Å². The first-order chi connectivity index (χ1) is 23.2. The van der Waals surface area contributed by atoms with Crippen molar-refractivity contribution in [1.82, 2.24) is 0 Å². The molecule has 11 heteroatoms. The molecule has 282 valence electrons. The number of methoxy groups -OCH3 is 1. The van der Waals surface area contributed by atoms with E-state index in [9.17, 15) is 9.90 Å². The average Bonchev–Trinajstić information content (AvgIpc) is 3.55. The summed E-state index contributed by atoms with van der Waals surface area (Å²) < 4.78 is 46.4. The Balaban J connectivity index is 1.82. The van der Waals surface area contributed by atoms with Gasteiger partial charge in [0.05, 0.1) is 31.0 Å². The largest absolute Gasteiger partial charge is 0.463 e. The van der Waals surface area contributed by atoms with Crippen LogP contribution in [0.2, 0.25) is 29.2 Å². The van der Waals surface area contributed by atoms with Crippen LogP contribution in [-0.4, -0.2) is 71.7 Å². The van der Waals surface area contributed by atoms with Crippen LogP contribution in [0.3, 0.4) is 0 Å². The van der Waals surface area contributed by atoms with Gasteiger partial charge < -0.3 is 37.0 Å². The summed E-state index contributed by atoms with van der Waals surface area (Å²) in [6, 6.07) is 13.7. The summed E-state index contributed by atoms with van der Waals surface area (Å²) in [6.45, 7) is 25.9. The first-order valence-corrected chi connectivity index (χ1v) is 23.3. The smallest absolute Gasteiger partial charge is 0.343 e. The number of hydrogen-bond acceptors (Lipinski definition) is 9. The van der Waals surface area contributed by atoms with Crippen LogP contribution in [0, 0.1) is 0 Å². The number of ether oxygens (including phenoxy) is 3. The van der Waals surface area contributed by atoms with Crippen LogP contribution >= 0.6 is 0 Å². The lowest BCUT2D eigenvalue weighted by molar-refractivity contribution is -0.177. The van der Waals surface area contributed by atoms with Crippen molar-refractivity contribution in [3.8, 4) is 0 Å². The van der Waals surface area contributed by atoms with Crippen LogP contribution in [0.5, 0.6) is 0 Å². The number of benzene rings is 1. The molecule has 1 saturated heterocycles. The van der Waals surface area contributed by atoms with E-state index in [4.69, 9.17) is 31.9 Å². The molecule has 7 atom stereocenters. The fourth-order valence-electron chi connectivity index (χ4n) is 6.85. The Morgan fingerprint density at radius 3 is 2.18 bits per heavy atom. The van der Waals surface area contributed by atoms with Crippen molar-refractivity contribution < 1.29 is 41.8 Å². The molecule has 0 spiro atoms. The minimum Gasteiger partial charge on any atom is -0.463 e. The highest BCUT2D eigenvalue weighted by Crippen LogP contribution is 2.47. The number of aliphatic hydroxyl groups excluding tert-OH is 1. The molecule has 4 rings (SSSR count). The van der Waals surface area contributed by atoms with E-state index < -0.39 is 58.8 Å². The van der Waals surface area contributed by atoms with Crippen molar-refractivity contribution in [2.75, 3.05) is 7.11 Å². The first-order valence-electron chi connectivity index (χ1n) is 18.4. The molecule has 2 aromatic rings. The molecule has 3 heterocycles. The van der Waals surface area contributed by atoms with Gasteiger partial charge in [-0.1, -0.05) is 92.6 Å². The highest BCUT2D eigenvalue weighted by Gasteiger charge is 2.56. The number of aliphatic hydroxyl groups is 1. The predicted molar refractivity (Wildman–Crippen MR) is 200 cm³/mol. The van der Waals surface area contributed by atoms with Crippen LogP contribution in [0.4, 0.5) is 0 Å². The lowest BCUT2D eigenvalue weighted by Gasteiger charge is -2.51. The third-order valence-corrected chi connectivity index (χ3v) is 20.4. The SMILES string of the molecule is CO[C@@H]1C[C@H](O)c2ccc(o2)C(C)(C)[C@@H]2C[C@@H](C[C@@H]([C@H](C)OCc3ccccc3)OC(=O)[C@H]1O[Si](C)(C)C(C)(C)C)O[Si](C(C)C)(C(C)C)O2. The molecule has 0 aliphatic carbocycles. The quantitative estimate of drug-likeness (QED) is 0.200. The van der Waals surface area contributed by atoms with E-state index in [0.29, 0.717) is 25.2 Å². The van der Waals surface area contributed by atoms with Gasteiger partial charge in [-0.15, -0.1) is 0 Å². The average molecular weight is 733 g/mol. The molecule has 9 nitrogen and oxygen atoms in total. The Morgan fingerprint density at radius 1 is 0.960 bits per heavy atom. The number of fused-ring (bicyclic) bond motifs is 4. The summed E-state index contributed by atoms with van der Waals surface area (Å²) in [7, 11) is -3.81. The fourth-order valence-corrected chi connectivity index (χ4v) is 12.1. The van der Waals surface area contributed by atoms with Gasteiger partial charge in [0, 0.05) is 25.4 Å². The van der Waals surface area contributed by atoms with Crippen molar-refractivity contribution in [2.24, 2.45) is 0 Å². The minimum absolute atomic E-state index is 0.0748. The molecular formula is C39H64O9Si2. The van der Waals surface area contributed by atoms with Crippen molar-refractivity contribution >= 4 is 22.8 Å². The summed E-state index contributed by atoms with van der Waals surface area (Å²) in [5.74, 6) is 0.600. The van der Waals surface area contributed by atoms with E-state index in [1.165, 1.54) is 7.11 Å². The molecule has 0 radical (unpaired) electrons. The number of carbonyl (C=O) groups excluding carboxylic acids is 1. The van der Waals surface area contributed by atoms with E-state index >= 15 is 0 Å².